The zero-order valence-corrected chi connectivity index (χ0v) is 13.0. The van der Waals surface area contributed by atoms with Crippen molar-refractivity contribution in [2.45, 2.75) is 84.2 Å². The fourth-order valence-corrected chi connectivity index (χ4v) is 3.13. The maximum atomic E-state index is 12.3. The van der Waals surface area contributed by atoms with Crippen LogP contribution in [0.1, 0.15) is 72.1 Å². The van der Waals surface area contributed by atoms with Gasteiger partial charge in [0.25, 0.3) is 0 Å². The average molecular weight is 268 g/mol. The van der Waals surface area contributed by atoms with Crippen LogP contribution >= 0.6 is 0 Å². The summed E-state index contributed by atoms with van der Waals surface area (Å²) in [6, 6.07) is 0.609. The topological polar surface area (TPSA) is 55.1 Å². The third-order valence-corrected chi connectivity index (χ3v) is 4.43. The molecule has 1 saturated carbocycles. The first kappa shape index (κ1) is 16.5. The molecule has 3 N–H and O–H groups in total. The Kier molecular flexibility index (Phi) is 7.44. The normalized spacial score (nSPS) is 28.9. The van der Waals surface area contributed by atoms with Crippen LogP contribution in [0.25, 0.3) is 0 Å². The molecule has 0 saturated heterocycles. The monoisotopic (exact) mass is 268 g/mol. The number of hydrogen-bond acceptors (Lipinski definition) is 2. The third kappa shape index (κ3) is 5.94. The van der Waals surface area contributed by atoms with Crippen LogP contribution in [-0.4, -0.2) is 18.0 Å². The molecule has 0 aliphatic heterocycles. The maximum Gasteiger partial charge on any atom is 0.223 e. The highest BCUT2D eigenvalue weighted by molar-refractivity contribution is 5.79. The van der Waals surface area contributed by atoms with E-state index < -0.39 is 0 Å². The van der Waals surface area contributed by atoms with Gasteiger partial charge in [0.05, 0.1) is 0 Å². The number of nitrogens with two attached hydrogens (primary N) is 1. The highest BCUT2D eigenvalue weighted by Crippen LogP contribution is 2.29. The van der Waals surface area contributed by atoms with E-state index in [4.69, 9.17) is 5.73 Å². The summed E-state index contributed by atoms with van der Waals surface area (Å²) in [7, 11) is 0. The molecule has 112 valence electrons. The van der Waals surface area contributed by atoms with E-state index in [-0.39, 0.29) is 11.8 Å². The van der Waals surface area contributed by atoms with Crippen LogP contribution in [0.3, 0.4) is 0 Å². The molecule has 1 fully saturated rings. The predicted octanol–water partition coefficient (Wildman–Crippen LogP) is 3.23. The molecule has 0 spiro atoms. The van der Waals surface area contributed by atoms with E-state index in [1.807, 2.05) is 0 Å². The van der Waals surface area contributed by atoms with Gasteiger partial charge in [-0.2, -0.15) is 0 Å². The van der Waals surface area contributed by atoms with Crippen molar-refractivity contribution in [2.24, 2.45) is 17.6 Å². The summed E-state index contributed by atoms with van der Waals surface area (Å²) in [5, 5.41) is 3.19. The van der Waals surface area contributed by atoms with E-state index in [1.54, 1.807) is 0 Å². The van der Waals surface area contributed by atoms with Crippen molar-refractivity contribution < 1.29 is 4.79 Å². The van der Waals surface area contributed by atoms with E-state index in [2.05, 4.69) is 26.1 Å². The fourth-order valence-electron chi connectivity index (χ4n) is 3.13. The second-order valence-electron chi connectivity index (χ2n) is 6.42. The Balaban J connectivity index is 2.25. The summed E-state index contributed by atoms with van der Waals surface area (Å²) in [6.07, 6.45) is 9.12. The number of amides is 1. The first-order valence-corrected chi connectivity index (χ1v) is 8.10. The Hall–Kier alpha value is -0.570. The van der Waals surface area contributed by atoms with Gasteiger partial charge in [-0.05, 0) is 38.5 Å². The zero-order valence-electron chi connectivity index (χ0n) is 13.0. The molecule has 4 unspecified atom stereocenters. The van der Waals surface area contributed by atoms with Crippen molar-refractivity contribution in [3.63, 3.8) is 0 Å². The molecule has 3 heteroatoms. The minimum absolute atomic E-state index is 0.179. The quantitative estimate of drug-likeness (QED) is 0.697. The standard InChI is InChI=1S/C16H32N2O/c1-4-5-6-7-8-13(3)18-16(19)15-10-9-14(17)11-12(15)2/h12-15H,4-11,17H2,1-3H3,(H,18,19). The molecule has 1 amide bonds. The molecular weight excluding hydrogens is 236 g/mol. The van der Waals surface area contributed by atoms with Gasteiger partial charge in [-0.3, -0.25) is 4.79 Å². The lowest BCUT2D eigenvalue weighted by Crippen LogP contribution is -2.43. The van der Waals surface area contributed by atoms with Crippen LogP contribution in [0.15, 0.2) is 0 Å². The number of unbranched alkanes of at least 4 members (excludes halogenated alkanes) is 3. The lowest BCUT2D eigenvalue weighted by atomic mass is 9.77. The molecule has 4 atom stereocenters. The fraction of sp³-hybridized carbons (Fsp3) is 0.938. The second kappa shape index (κ2) is 8.57. The summed E-state index contributed by atoms with van der Waals surface area (Å²) in [5.41, 5.74) is 5.95. The maximum absolute atomic E-state index is 12.3. The van der Waals surface area contributed by atoms with E-state index in [0.29, 0.717) is 18.0 Å². The van der Waals surface area contributed by atoms with Crippen LogP contribution in [0.4, 0.5) is 0 Å². The van der Waals surface area contributed by atoms with Gasteiger partial charge in [-0.25, -0.2) is 0 Å². The molecule has 1 aliphatic carbocycles. The molecule has 1 rings (SSSR count). The van der Waals surface area contributed by atoms with Gasteiger partial charge in [-0.1, -0.05) is 39.5 Å². The Morgan fingerprint density at radius 2 is 2.05 bits per heavy atom. The van der Waals surface area contributed by atoms with Gasteiger partial charge in [-0.15, -0.1) is 0 Å². The second-order valence-corrected chi connectivity index (χ2v) is 6.42. The summed E-state index contributed by atoms with van der Waals surface area (Å²) < 4.78 is 0. The van der Waals surface area contributed by atoms with E-state index in [1.165, 1.54) is 25.7 Å². The predicted molar refractivity (Wildman–Crippen MR) is 80.8 cm³/mol. The van der Waals surface area contributed by atoms with Crippen LogP contribution in [0.5, 0.6) is 0 Å². The zero-order chi connectivity index (χ0) is 14.3. The molecule has 0 aromatic heterocycles. The van der Waals surface area contributed by atoms with Crippen molar-refractivity contribution in [2.75, 3.05) is 0 Å². The first-order chi connectivity index (χ1) is 9.04. The van der Waals surface area contributed by atoms with Gasteiger partial charge in [0.2, 0.25) is 5.91 Å². The Morgan fingerprint density at radius 3 is 2.68 bits per heavy atom. The summed E-state index contributed by atoms with van der Waals surface area (Å²) in [4.78, 5) is 12.3. The van der Waals surface area contributed by atoms with Gasteiger partial charge in [0.1, 0.15) is 0 Å². The van der Waals surface area contributed by atoms with Crippen LogP contribution in [-0.2, 0) is 4.79 Å². The van der Waals surface area contributed by atoms with Gasteiger partial charge >= 0.3 is 0 Å². The minimum Gasteiger partial charge on any atom is -0.353 e. The summed E-state index contributed by atoms with van der Waals surface area (Å²) in [6.45, 7) is 6.51. The van der Waals surface area contributed by atoms with Crippen LogP contribution in [0.2, 0.25) is 0 Å². The highest BCUT2D eigenvalue weighted by Gasteiger charge is 2.31. The molecule has 0 bridgehead atoms. The number of carbonyl (C=O) groups is 1. The number of hydrogen-bond donors (Lipinski definition) is 2. The van der Waals surface area contributed by atoms with Gasteiger partial charge in [0, 0.05) is 18.0 Å². The van der Waals surface area contributed by atoms with Gasteiger partial charge < -0.3 is 11.1 Å². The number of nitrogens with one attached hydrogen (secondary N) is 1. The van der Waals surface area contributed by atoms with Crippen molar-refractivity contribution in [3.05, 3.63) is 0 Å². The molecule has 0 radical (unpaired) electrons. The van der Waals surface area contributed by atoms with E-state index in [9.17, 15) is 4.79 Å². The molecular formula is C16H32N2O. The molecule has 3 nitrogen and oxygen atoms in total. The van der Waals surface area contributed by atoms with Gasteiger partial charge in [0.15, 0.2) is 0 Å². The van der Waals surface area contributed by atoms with E-state index >= 15 is 0 Å². The Morgan fingerprint density at radius 1 is 1.32 bits per heavy atom. The third-order valence-electron chi connectivity index (χ3n) is 4.43. The Bertz CT molecular complexity index is 267. The molecule has 19 heavy (non-hydrogen) atoms. The lowest BCUT2D eigenvalue weighted by Gasteiger charge is -2.32. The minimum atomic E-state index is 0.179. The van der Waals surface area contributed by atoms with E-state index in [0.717, 1.165) is 25.7 Å². The summed E-state index contributed by atoms with van der Waals surface area (Å²) >= 11 is 0. The molecule has 1 aliphatic rings. The average Bonchev–Trinajstić information content (AvgIpc) is 2.34. The van der Waals surface area contributed by atoms with Crippen LogP contribution in [0, 0.1) is 11.8 Å². The highest BCUT2D eigenvalue weighted by atomic mass is 16.1. The van der Waals surface area contributed by atoms with Crippen molar-refractivity contribution in [3.8, 4) is 0 Å². The lowest BCUT2D eigenvalue weighted by molar-refractivity contribution is -0.128. The number of rotatable bonds is 7. The molecule has 0 heterocycles. The first-order valence-electron chi connectivity index (χ1n) is 8.10. The van der Waals surface area contributed by atoms with Crippen molar-refractivity contribution >= 4 is 5.91 Å². The summed E-state index contributed by atoms with van der Waals surface area (Å²) in [5.74, 6) is 0.858. The van der Waals surface area contributed by atoms with Crippen molar-refractivity contribution in [1.29, 1.82) is 0 Å². The number of carbonyl (C=O) groups excluding carboxylic acids is 1. The smallest absolute Gasteiger partial charge is 0.223 e. The molecule has 0 aromatic carbocycles. The Labute approximate surface area is 118 Å². The largest absolute Gasteiger partial charge is 0.353 e. The SMILES string of the molecule is CCCCCCC(C)NC(=O)C1CCC(N)CC1C. The van der Waals surface area contributed by atoms with Crippen LogP contribution < -0.4 is 11.1 Å². The molecule has 0 aromatic rings. The van der Waals surface area contributed by atoms with Crippen molar-refractivity contribution in [1.82, 2.24) is 5.32 Å².